The van der Waals surface area contributed by atoms with Crippen molar-refractivity contribution in [2.45, 2.75) is 20.4 Å². The van der Waals surface area contributed by atoms with Crippen molar-refractivity contribution in [3.05, 3.63) is 46.0 Å². The molecule has 1 aromatic carbocycles. The Bertz CT molecular complexity index is 580. The number of imidazole rings is 1. The monoisotopic (exact) mass is 337 g/mol. The number of halogens is 1. The van der Waals surface area contributed by atoms with Crippen molar-refractivity contribution in [1.82, 2.24) is 14.9 Å². The van der Waals surface area contributed by atoms with Crippen molar-refractivity contribution in [1.29, 1.82) is 0 Å². The Labute approximate surface area is 128 Å². The summed E-state index contributed by atoms with van der Waals surface area (Å²) in [5.41, 5.74) is 4.58. The van der Waals surface area contributed by atoms with Crippen LogP contribution in [0.25, 0.3) is 5.69 Å². The molecular weight excluding hydrogens is 318 g/mol. The average molecular weight is 338 g/mol. The van der Waals surface area contributed by atoms with E-state index in [2.05, 4.69) is 55.9 Å². The van der Waals surface area contributed by atoms with Crippen LogP contribution in [-0.2, 0) is 11.3 Å². The first-order chi connectivity index (χ1) is 9.63. The number of benzene rings is 1. The van der Waals surface area contributed by atoms with Gasteiger partial charge in [-0.25, -0.2) is 4.98 Å². The summed E-state index contributed by atoms with van der Waals surface area (Å²) < 4.78 is 8.19. The van der Waals surface area contributed by atoms with Gasteiger partial charge in [-0.3, -0.25) is 0 Å². The fourth-order valence-electron chi connectivity index (χ4n) is 2.00. The zero-order valence-electron chi connectivity index (χ0n) is 12.1. The Morgan fingerprint density at radius 2 is 2.15 bits per heavy atom. The third kappa shape index (κ3) is 3.48. The van der Waals surface area contributed by atoms with Gasteiger partial charge in [-0.05, 0) is 47.5 Å². The summed E-state index contributed by atoms with van der Waals surface area (Å²) in [5.74, 6) is 0. The summed E-state index contributed by atoms with van der Waals surface area (Å²) in [7, 11) is 1.71. The first-order valence-electron chi connectivity index (χ1n) is 6.62. The van der Waals surface area contributed by atoms with Crippen LogP contribution in [0.2, 0.25) is 0 Å². The van der Waals surface area contributed by atoms with E-state index in [9.17, 15) is 0 Å². The van der Waals surface area contributed by atoms with Crippen LogP contribution in [-0.4, -0.2) is 29.8 Å². The lowest BCUT2D eigenvalue weighted by Crippen LogP contribution is -2.18. The predicted molar refractivity (Wildman–Crippen MR) is 84.3 cm³/mol. The standard InChI is InChI=1S/C15H20BrN3O/c1-11-12(2)19(10-18-11)15-5-4-13(8-14(15)16)9-17-6-7-20-3/h4-5,8,10,17H,6-7,9H2,1-3H3. The molecule has 0 aliphatic rings. The van der Waals surface area contributed by atoms with Gasteiger partial charge in [-0.2, -0.15) is 0 Å². The number of nitrogens with zero attached hydrogens (tertiary/aromatic N) is 2. The van der Waals surface area contributed by atoms with Gasteiger partial charge in [0.05, 0.1) is 24.3 Å². The SMILES string of the molecule is COCCNCc1ccc(-n2cnc(C)c2C)c(Br)c1. The molecule has 0 saturated carbocycles. The zero-order chi connectivity index (χ0) is 14.5. The Kier molecular flexibility index (Phi) is 5.34. The molecule has 1 N–H and O–H groups in total. The van der Waals surface area contributed by atoms with Crippen LogP contribution < -0.4 is 5.32 Å². The summed E-state index contributed by atoms with van der Waals surface area (Å²) >= 11 is 3.65. The van der Waals surface area contributed by atoms with E-state index in [-0.39, 0.29) is 0 Å². The largest absolute Gasteiger partial charge is 0.383 e. The fourth-order valence-corrected chi connectivity index (χ4v) is 2.62. The first kappa shape index (κ1) is 15.2. The van der Waals surface area contributed by atoms with Gasteiger partial charge in [0.25, 0.3) is 0 Å². The number of aryl methyl sites for hydroxylation is 1. The second-order valence-corrected chi connectivity index (χ2v) is 5.60. The molecule has 0 spiro atoms. The minimum Gasteiger partial charge on any atom is -0.383 e. The van der Waals surface area contributed by atoms with Crippen molar-refractivity contribution in [3.8, 4) is 5.69 Å². The molecule has 2 rings (SSSR count). The van der Waals surface area contributed by atoms with Gasteiger partial charge in [0.1, 0.15) is 0 Å². The maximum absolute atomic E-state index is 5.01. The molecule has 1 aromatic heterocycles. The van der Waals surface area contributed by atoms with Crippen molar-refractivity contribution in [3.63, 3.8) is 0 Å². The Hall–Kier alpha value is -1.17. The van der Waals surface area contributed by atoms with Crippen LogP contribution in [0.5, 0.6) is 0 Å². The highest BCUT2D eigenvalue weighted by atomic mass is 79.9. The molecule has 4 nitrogen and oxygen atoms in total. The van der Waals surface area contributed by atoms with Gasteiger partial charge < -0.3 is 14.6 Å². The van der Waals surface area contributed by atoms with Gasteiger partial charge in [0.15, 0.2) is 0 Å². The van der Waals surface area contributed by atoms with Crippen molar-refractivity contribution >= 4 is 15.9 Å². The molecular formula is C15H20BrN3O. The molecule has 108 valence electrons. The molecule has 20 heavy (non-hydrogen) atoms. The van der Waals surface area contributed by atoms with E-state index >= 15 is 0 Å². The second kappa shape index (κ2) is 7.02. The van der Waals surface area contributed by atoms with Crippen LogP contribution in [0.4, 0.5) is 0 Å². The molecule has 0 amide bonds. The lowest BCUT2D eigenvalue weighted by Gasteiger charge is -2.11. The molecule has 0 aliphatic heterocycles. The average Bonchev–Trinajstić information content (AvgIpc) is 2.76. The van der Waals surface area contributed by atoms with Gasteiger partial charge in [0.2, 0.25) is 0 Å². The third-order valence-corrected chi connectivity index (χ3v) is 3.97. The number of aromatic nitrogens is 2. The van der Waals surface area contributed by atoms with Crippen LogP contribution in [0.15, 0.2) is 29.0 Å². The lowest BCUT2D eigenvalue weighted by molar-refractivity contribution is 0.199. The van der Waals surface area contributed by atoms with E-state index in [1.807, 2.05) is 13.3 Å². The highest BCUT2D eigenvalue weighted by Crippen LogP contribution is 2.24. The van der Waals surface area contributed by atoms with E-state index in [0.29, 0.717) is 0 Å². The van der Waals surface area contributed by atoms with E-state index in [1.165, 1.54) is 5.56 Å². The molecule has 0 fully saturated rings. The van der Waals surface area contributed by atoms with Crippen LogP contribution in [0, 0.1) is 13.8 Å². The maximum Gasteiger partial charge on any atom is 0.0997 e. The molecule has 0 saturated heterocycles. The Morgan fingerprint density at radius 3 is 2.75 bits per heavy atom. The van der Waals surface area contributed by atoms with E-state index < -0.39 is 0 Å². The van der Waals surface area contributed by atoms with Gasteiger partial charge in [-0.15, -0.1) is 0 Å². The summed E-state index contributed by atoms with van der Waals surface area (Å²) in [4.78, 5) is 4.34. The van der Waals surface area contributed by atoms with E-state index in [0.717, 1.165) is 41.2 Å². The molecule has 1 heterocycles. The number of hydrogen-bond acceptors (Lipinski definition) is 3. The van der Waals surface area contributed by atoms with Crippen LogP contribution in [0.3, 0.4) is 0 Å². The quantitative estimate of drug-likeness (QED) is 0.823. The highest BCUT2D eigenvalue weighted by Gasteiger charge is 2.08. The van der Waals surface area contributed by atoms with Crippen molar-refractivity contribution < 1.29 is 4.74 Å². The number of rotatable bonds is 6. The summed E-state index contributed by atoms with van der Waals surface area (Å²) in [6, 6.07) is 6.39. The highest BCUT2D eigenvalue weighted by molar-refractivity contribution is 9.10. The minimum atomic E-state index is 0.729. The lowest BCUT2D eigenvalue weighted by atomic mass is 10.2. The summed E-state index contributed by atoms with van der Waals surface area (Å²) in [6.07, 6.45) is 1.86. The maximum atomic E-state index is 5.01. The molecule has 0 bridgehead atoms. The van der Waals surface area contributed by atoms with Gasteiger partial charge in [-0.1, -0.05) is 6.07 Å². The zero-order valence-corrected chi connectivity index (χ0v) is 13.7. The number of nitrogens with one attached hydrogen (secondary N) is 1. The van der Waals surface area contributed by atoms with Crippen molar-refractivity contribution in [2.24, 2.45) is 0 Å². The Balaban J connectivity index is 2.12. The van der Waals surface area contributed by atoms with E-state index in [4.69, 9.17) is 4.74 Å². The smallest absolute Gasteiger partial charge is 0.0997 e. The van der Waals surface area contributed by atoms with Crippen molar-refractivity contribution in [2.75, 3.05) is 20.3 Å². The number of hydrogen-bond donors (Lipinski definition) is 1. The molecule has 5 heteroatoms. The van der Waals surface area contributed by atoms with Gasteiger partial charge >= 0.3 is 0 Å². The number of ether oxygens (including phenoxy) is 1. The fraction of sp³-hybridized carbons (Fsp3) is 0.400. The molecule has 0 unspecified atom stereocenters. The summed E-state index contributed by atoms with van der Waals surface area (Å²) in [5, 5.41) is 3.34. The molecule has 0 radical (unpaired) electrons. The Morgan fingerprint density at radius 1 is 1.35 bits per heavy atom. The predicted octanol–water partition coefficient (Wildman–Crippen LogP) is 2.99. The molecule has 2 aromatic rings. The van der Waals surface area contributed by atoms with Gasteiger partial charge in [0, 0.05) is 30.4 Å². The summed E-state index contributed by atoms with van der Waals surface area (Å²) in [6.45, 7) is 6.52. The topological polar surface area (TPSA) is 39.1 Å². The van der Waals surface area contributed by atoms with E-state index in [1.54, 1.807) is 7.11 Å². The third-order valence-electron chi connectivity index (χ3n) is 3.34. The van der Waals surface area contributed by atoms with Crippen LogP contribution >= 0.6 is 15.9 Å². The normalized spacial score (nSPS) is 11.0. The number of methoxy groups -OCH3 is 1. The molecule has 0 atom stereocenters. The minimum absolute atomic E-state index is 0.729. The van der Waals surface area contributed by atoms with Crippen LogP contribution in [0.1, 0.15) is 17.0 Å². The first-order valence-corrected chi connectivity index (χ1v) is 7.41. The molecule has 0 aliphatic carbocycles. The second-order valence-electron chi connectivity index (χ2n) is 4.74.